The Kier molecular flexibility index (Phi) is 9.23. The van der Waals surface area contributed by atoms with Crippen LogP contribution in [0.25, 0.3) is 0 Å². The van der Waals surface area contributed by atoms with Crippen molar-refractivity contribution in [1.29, 1.82) is 0 Å². The Hall–Kier alpha value is -2.59. The third-order valence-electron chi connectivity index (χ3n) is 10.2. The van der Waals surface area contributed by atoms with Crippen LogP contribution in [0.1, 0.15) is 66.0 Å². The Morgan fingerprint density at radius 1 is 1.26 bits per heavy atom. The molecule has 2 heterocycles. The molecule has 1 saturated carbocycles. The maximum atomic E-state index is 13.2. The largest absolute Gasteiger partial charge is 0.392 e. The molecular weight excluding hydrogens is 546 g/mol. The number of nitrogens with one attached hydrogen (secondary N) is 1. The zero-order chi connectivity index (χ0) is 30.2. The number of rotatable bonds is 8. The number of aromatic nitrogens is 1. The first kappa shape index (κ1) is 30.9. The molecule has 9 heteroatoms. The minimum absolute atomic E-state index is 0.00205. The number of hydrogen-bond acceptors (Lipinski definition) is 7. The summed E-state index contributed by atoms with van der Waals surface area (Å²) in [4.78, 5) is 38.8. The number of aliphatic hydroxyl groups excluding tert-OH is 1. The molecule has 42 heavy (non-hydrogen) atoms. The van der Waals surface area contributed by atoms with Gasteiger partial charge in [-0.05, 0) is 61.3 Å². The van der Waals surface area contributed by atoms with E-state index < -0.39 is 6.10 Å². The average Bonchev–Trinajstić information content (AvgIpc) is 3.35. The summed E-state index contributed by atoms with van der Waals surface area (Å²) >= 11 is 1.56. The van der Waals surface area contributed by atoms with Gasteiger partial charge in [0, 0.05) is 68.6 Å². The molecule has 228 valence electrons. The van der Waals surface area contributed by atoms with Crippen LogP contribution in [-0.2, 0) is 17.8 Å². The molecule has 2 N–H and O–H groups in total. The number of carbonyl (C=O) groups excluding carboxylic acids is 2. The van der Waals surface area contributed by atoms with E-state index in [-0.39, 0.29) is 40.9 Å². The van der Waals surface area contributed by atoms with Gasteiger partial charge in [0.1, 0.15) is 0 Å². The minimum Gasteiger partial charge on any atom is -0.392 e. The van der Waals surface area contributed by atoms with Gasteiger partial charge in [0.05, 0.1) is 11.8 Å². The van der Waals surface area contributed by atoms with Gasteiger partial charge >= 0.3 is 0 Å². The number of hydrogen-bond donors (Lipinski definition) is 2. The Bertz CT molecular complexity index is 1290. The molecule has 2 aliphatic carbocycles. The summed E-state index contributed by atoms with van der Waals surface area (Å²) in [5.74, 6) is -0.426. The van der Waals surface area contributed by atoms with E-state index in [0.29, 0.717) is 17.2 Å². The van der Waals surface area contributed by atoms with Crippen LogP contribution in [0.5, 0.6) is 0 Å². The van der Waals surface area contributed by atoms with Crippen LogP contribution in [-0.4, -0.2) is 89.5 Å². The van der Waals surface area contributed by atoms with E-state index in [0.717, 1.165) is 57.7 Å². The molecule has 2 fully saturated rings. The highest BCUT2D eigenvalue weighted by molar-refractivity contribution is 7.15. The van der Waals surface area contributed by atoms with Gasteiger partial charge in [0.2, 0.25) is 5.91 Å². The smallest absolute Gasteiger partial charge is 0.257 e. The van der Waals surface area contributed by atoms with Crippen LogP contribution >= 0.6 is 11.3 Å². The van der Waals surface area contributed by atoms with E-state index in [2.05, 4.69) is 42.6 Å². The van der Waals surface area contributed by atoms with Crippen LogP contribution in [0.4, 0.5) is 5.13 Å². The molecule has 2 aromatic rings. The fraction of sp³-hybridized carbons (Fsp3) is 0.606. The molecule has 0 spiro atoms. The number of benzene rings is 1. The lowest BCUT2D eigenvalue weighted by Crippen LogP contribution is -2.53. The van der Waals surface area contributed by atoms with Gasteiger partial charge in [-0.25, -0.2) is 4.98 Å². The summed E-state index contributed by atoms with van der Waals surface area (Å²) in [6.07, 6.45) is 3.73. The summed E-state index contributed by atoms with van der Waals surface area (Å²) in [5.41, 5.74) is 2.73. The molecule has 2 amide bonds. The quantitative estimate of drug-likeness (QED) is 0.439. The van der Waals surface area contributed by atoms with E-state index >= 15 is 0 Å². The van der Waals surface area contributed by atoms with Gasteiger partial charge < -0.3 is 14.9 Å². The molecule has 0 radical (unpaired) electrons. The molecule has 5 rings (SSSR count). The van der Waals surface area contributed by atoms with Crippen molar-refractivity contribution in [2.75, 3.05) is 52.1 Å². The number of amides is 2. The maximum Gasteiger partial charge on any atom is 0.257 e. The van der Waals surface area contributed by atoms with E-state index in [4.69, 9.17) is 4.98 Å². The van der Waals surface area contributed by atoms with Gasteiger partial charge in [0.15, 0.2) is 5.13 Å². The monoisotopic (exact) mass is 593 g/mol. The number of piperazine rings is 1. The highest BCUT2D eigenvalue weighted by atomic mass is 32.1. The SMILES string of the molecule is C=CCN(C)C(=O)[C@@H](C)[C@@H]1CC[C@@]2(C)Cc3sc(NC(=O)c4ccc(CN5CCN(C)CC5)cc4)nc3[C@@H](C)[C@@H]2[C@H]1O. The second-order valence-corrected chi connectivity index (χ2v) is 14.3. The fourth-order valence-corrected chi connectivity index (χ4v) is 8.87. The Morgan fingerprint density at radius 3 is 2.62 bits per heavy atom. The summed E-state index contributed by atoms with van der Waals surface area (Å²) in [7, 11) is 3.95. The predicted octanol–water partition coefficient (Wildman–Crippen LogP) is 4.48. The minimum atomic E-state index is -0.591. The van der Waals surface area contributed by atoms with Crippen LogP contribution in [0.2, 0.25) is 0 Å². The van der Waals surface area contributed by atoms with Crippen molar-refractivity contribution in [3.05, 3.63) is 58.6 Å². The van der Waals surface area contributed by atoms with E-state index in [1.165, 1.54) is 10.4 Å². The topological polar surface area (TPSA) is 89.0 Å². The lowest BCUT2D eigenvalue weighted by Gasteiger charge is -2.53. The molecule has 1 aromatic carbocycles. The van der Waals surface area contributed by atoms with E-state index in [1.54, 1.807) is 29.4 Å². The number of carbonyl (C=O) groups is 2. The molecule has 0 unspecified atom stereocenters. The van der Waals surface area contributed by atoms with Gasteiger partial charge in [0.25, 0.3) is 5.91 Å². The summed E-state index contributed by atoms with van der Waals surface area (Å²) in [6, 6.07) is 7.90. The normalized spacial score (nSPS) is 28.8. The summed E-state index contributed by atoms with van der Waals surface area (Å²) < 4.78 is 0. The second kappa shape index (κ2) is 12.6. The van der Waals surface area contributed by atoms with Crippen LogP contribution in [0, 0.1) is 23.2 Å². The van der Waals surface area contributed by atoms with Gasteiger partial charge in [-0.1, -0.05) is 39.0 Å². The molecule has 0 bridgehead atoms. The van der Waals surface area contributed by atoms with Crippen molar-refractivity contribution in [3.63, 3.8) is 0 Å². The number of nitrogens with zero attached hydrogens (tertiary/aromatic N) is 4. The lowest BCUT2D eigenvalue weighted by molar-refractivity contribution is -0.143. The third-order valence-corrected chi connectivity index (χ3v) is 11.2. The molecule has 3 aliphatic rings. The standard InChI is InChI=1S/C33H47N5O3S/c1-7-14-37(6)31(41)21(2)25-12-13-33(4)19-26-28(22(3)27(33)29(25)39)34-32(42-26)35-30(40)24-10-8-23(9-11-24)20-38-17-15-36(5)16-18-38/h7-11,21-22,25,27,29,39H,1,12-20H2,2-6H3,(H,34,35,40)/t21-,22-,25-,27+,29-,33-/m0/s1. The Morgan fingerprint density at radius 2 is 1.95 bits per heavy atom. The highest BCUT2D eigenvalue weighted by Crippen LogP contribution is 2.57. The van der Waals surface area contributed by atoms with E-state index in [9.17, 15) is 14.7 Å². The first-order valence-corrected chi connectivity index (χ1v) is 16.2. The molecule has 1 saturated heterocycles. The summed E-state index contributed by atoms with van der Waals surface area (Å²) in [5, 5.41) is 15.4. The van der Waals surface area contributed by atoms with Gasteiger partial charge in [-0.15, -0.1) is 17.9 Å². The number of anilines is 1. The molecular formula is C33H47N5O3S. The molecule has 8 nitrogen and oxygen atoms in total. The first-order valence-electron chi connectivity index (χ1n) is 15.4. The zero-order valence-corrected chi connectivity index (χ0v) is 26.6. The van der Waals surface area contributed by atoms with Crippen molar-refractivity contribution in [3.8, 4) is 0 Å². The highest BCUT2D eigenvalue weighted by Gasteiger charge is 2.54. The van der Waals surface area contributed by atoms with Crippen molar-refractivity contribution in [1.82, 2.24) is 19.7 Å². The number of thiazole rings is 1. The van der Waals surface area contributed by atoms with Crippen molar-refractivity contribution >= 4 is 28.3 Å². The van der Waals surface area contributed by atoms with Crippen LogP contribution in [0.15, 0.2) is 36.9 Å². The molecule has 6 atom stereocenters. The molecule has 1 aliphatic heterocycles. The first-order chi connectivity index (χ1) is 20.0. The zero-order valence-electron chi connectivity index (χ0n) is 25.8. The Labute approximate surface area is 254 Å². The third kappa shape index (κ3) is 6.20. The summed E-state index contributed by atoms with van der Waals surface area (Å²) in [6.45, 7) is 15.8. The van der Waals surface area contributed by atoms with Crippen molar-refractivity contribution < 1.29 is 14.7 Å². The van der Waals surface area contributed by atoms with Crippen LogP contribution in [0.3, 0.4) is 0 Å². The average molecular weight is 594 g/mol. The van der Waals surface area contributed by atoms with Gasteiger partial charge in [-0.2, -0.15) is 0 Å². The predicted molar refractivity (Wildman–Crippen MR) is 169 cm³/mol. The van der Waals surface area contributed by atoms with Gasteiger partial charge in [-0.3, -0.25) is 19.8 Å². The number of likely N-dealkylation sites (N-methyl/N-ethyl adjacent to an activating group) is 2. The number of fused-ring (bicyclic) bond motifs is 2. The number of aliphatic hydroxyl groups is 1. The maximum absolute atomic E-state index is 13.2. The van der Waals surface area contributed by atoms with E-state index in [1.807, 2.05) is 31.2 Å². The fourth-order valence-electron chi connectivity index (χ4n) is 7.61. The molecule has 1 aromatic heterocycles. The van der Waals surface area contributed by atoms with Crippen molar-refractivity contribution in [2.45, 2.75) is 58.6 Å². The van der Waals surface area contributed by atoms with Crippen LogP contribution < -0.4 is 5.32 Å². The lowest BCUT2D eigenvalue weighted by atomic mass is 9.53. The second-order valence-electron chi connectivity index (χ2n) is 13.2. The Balaban J connectivity index is 1.25. The van der Waals surface area contributed by atoms with Crippen molar-refractivity contribution in [2.24, 2.45) is 23.2 Å².